The van der Waals surface area contributed by atoms with Gasteiger partial charge in [-0.05, 0) is 18.6 Å². The van der Waals surface area contributed by atoms with Crippen LogP contribution in [-0.2, 0) is 14.3 Å². The topological polar surface area (TPSA) is 43.4 Å². The number of benzene rings is 1. The molecule has 0 aliphatic rings. The van der Waals surface area contributed by atoms with Gasteiger partial charge in [0, 0.05) is 0 Å². The Bertz CT molecular complexity index is 353. The van der Waals surface area contributed by atoms with E-state index in [1.54, 1.807) is 18.2 Å². The zero-order chi connectivity index (χ0) is 9.73. The number of hydrogen-bond donors (Lipinski definition) is 0. The molecule has 0 amide bonds. The maximum Gasteiger partial charge on any atom is 1.00 e. The fraction of sp³-hybridized carbons (Fsp3) is 0.333. The van der Waals surface area contributed by atoms with E-state index in [-0.39, 0.29) is 42.5 Å². The molecule has 74 valence electrons. The van der Waals surface area contributed by atoms with E-state index in [4.69, 9.17) is 4.18 Å². The first-order chi connectivity index (χ1) is 6.17. The Labute approximate surface area is 108 Å². The van der Waals surface area contributed by atoms with Gasteiger partial charge in [-0.3, -0.25) is 4.18 Å². The normalized spacial score (nSPS) is 10.6. The molecule has 0 saturated heterocycles. The molecule has 0 saturated carbocycles. The quantitative estimate of drug-likeness (QED) is 0.482. The van der Waals surface area contributed by atoms with Crippen LogP contribution in [0.15, 0.2) is 35.2 Å². The first-order valence-corrected chi connectivity index (χ1v) is 5.52. The van der Waals surface area contributed by atoms with Crippen molar-refractivity contribution in [2.45, 2.75) is 18.2 Å². The van der Waals surface area contributed by atoms with E-state index in [2.05, 4.69) is 0 Å². The van der Waals surface area contributed by atoms with E-state index in [9.17, 15) is 8.42 Å². The van der Waals surface area contributed by atoms with E-state index in [0.717, 1.165) is 0 Å². The van der Waals surface area contributed by atoms with E-state index in [1.165, 1.54) is 12.1 Å². The third-order valence-corrected chi connectivity index (χ3v) is 2.80. The van der Waals surface area contributed by atoms with Crippen LogP contribution in [0.1, 0.15) is 14.8 Å². The van der Waals surface area contributed by atoms with Crippen LogP contribution in [0.2, 0.25) is 0 Å². The first kappa shape index (κ1) is 14.1. The molecule has 0 spiro atoms. The molecule has 0 fully saturated rings. The molecular weight excluding hydrogens is 211 g/mol. The summed E-state index contributed by atoms with van der Waals surface area (Å²) in [5.74, 6) is 0. The van der Waals surface area contributed by atoms with Crippen LogP contribution in [0.5, 0.6) is 0 Å². The molecule has 0 atom stereocenters. The van der Waals surface area contributed by atoms with Crippen LogP contribution < -0.4 is 29.6 Å². The average Bonchev–Trinajstić information content (AvgIpc) is 2.16. The molecule has 14 heavy (non-hydrogen) atoms. The zero-order valence-electron chi connectivity index (χ0n) is 9.43. The van der Waals surface area contributed by atoms with Crippen molar-refractivity contribution in [3.63, 3.8) is 0 Å². The van der Waals surface area contributed by atoms with Crippen molar-refractivity contribution in [2.75, 3.05) is 6.61 Å². The second-order valence-electron chi connectivity index (χ2n) is 2.59. The zero-order valence-corrected chi connectivity index (χ0v) is 11.3. The van der Waals surface area contributed by atoms with Gasteiger partial charge in [0.1, 0.15) is 0 Å². The molecule has 0 N–H and O–H groups in total. The van der Waals surface area contributed by atoms with Gasteiger partial charge in [-0.2, -0.15) is 8.42 Å². The van der Waals surface area contributed by atoms with Crippen molar-refractivity contribution in [3.8, 4) is 0 Å². The molecule has 0 unspecified atom stereocenters. The van der Waals surface area contributed by atoms with Gasteiger partial charge in [0.25, 0.3) is 10.1 Å². The molecule has 0 aliphatic carbocycles. The van der Waals surface area contributed by atoms with Gasteiger partial charge in [-0.15, -0.1) is 0 Å². The Balaban J connectivity index is 0. The Morgan fingerprint density at radius 1 is 1.29 bits per heavy atom. The summed E-state index contributed by atoms with van der Waals surface area (Å²) in [6.07, 6.45) is 0.687. The Morgan fingerprint density at radius 3 is 2.36 bits per heavy atom. The smallest absolute Gasteiger partial charge is 1.00 e. The summed E-state index contributed by atoms with van der Waals surface area (Å²) in [5.41, 5.74) is 0. The Kier molecular flexibility index (Phi) is 6.64. The fourth-order valence-corrected chi connectivity index (χ4v) is 1.86. The summed E-state index contributed by atoms with van der Waals surface area (Å²) in [7, 11) is -3.52. The summed E-state index contributed by atoms with van der Waals surface area (Å²) < 4.78 is 27.5. The monoisotopic (exact) mass is 224 g/mol. The van der Waals surface area contributed by atoms with Crippen LogP contribution in [0.25, 0.3) is 0 Å². The molecule has 1 aromatic rings. The van der Waals surface area contributed by atoms with E-state index < -0.39 is 10.1 Å². The summed E-state index contributed by atoms with van der Waals surface area (Å²) in [6, 6.07) is 8.14. The molecule has 0 bridgehead atoms. The van der Waals surface area contributed by atoms with Crippen molar-refractivity contribution < 1.29 is 43.6 Å². The minimum Gasteiger partial charge on any atom is -1.00 e. The molecule has 5 heteroatoms. The fourth-order valence-electron chi connectivity index (χ4n) is 0.848. The Hall–Kier alpha value is 0.130. The van der Waals surface area contributed by atoms with E-state index in [0.29, 0.717) is 6.42 Å². The van der Waals surface area contributed by atoms with Gasteiger partial charge in [0.05, 0.1) is 11.5 Å². The number of hydrogen-bond acceptors (Lipinski definition) is 3. The van der Waals surface area contributed by atoms with Gasteiger partial charge in [0.2, 0.25) is 0 Å². The van der Waals surface area contributed by atoms with Gasteiger partial charge in [0.15, 0.2) is 0 Å². The second-order valence-corrected chi connectivity index (χ2v) is 4.20. The van der Waals surface area contributed by atoms with Crippen LogP contribution in [0.3, 0.4) is 0 Å². The van der Waals surface area contributed by atoms with Gasteiger partial charge in [-0.25, -0.2) is 0 Å². The molecule has 0 aliphatic heterocycles. The molecule has 1 aromatic carbocycles. The van der Waals surface area contributed by atoms with Gasteiger partial charge < -0.3 is 1.43 Å². The van der Waals surface area contributed by atoms with Crippen molar-refractivity contribution in [3.05, 3.63) is 30.3 Å². The van der Waals surface area contributed by atoms with Crippen molar-refractivity contribution in [1.82, 2.24) is 0 Å². The SMILES string of the molecule is CCCOS(=O)(=O)c1ccccc1.[H-].[Na+]. The maximum absolute atomic E-state index is 11.4. The first-order valence-electron chi connectivity index (χ1n) is 4.11. The third kappa shape index (κ3) is 4.11. The molecule has 0 heterocycles. The standard InChI is InChI=1S/C9H12O3S.Na.H/c1-2-8-12-13(10,11)9-6-4-3-5-7-9;;/h3-7H,2,8H2,1H3;;/q;+1;-1. The molecule has 3 nitrogen and oxygen atoms in total. The summed E-state index contributed by atoms with van der Waals surface area (Å²) >= 11 is 0. The predicted octanol–water partition coefficient (Wildman–Crippen LogP) is -1.08. The summed E-state index contributed by atoms with van der Waals surface area (Å²) in [4.78, 5) is 0.212. The van der Waals surface area contributed by atoms with Crippen LogP contribution in [-0.4, -0.2) is 15.0 Å². The predicted molar refractivity (Wildman–Crippen MR) is 51.0 cm³/mol. The minimum absolute atomic E-state index is 0. The van der Waals surface area contributed by atoms with Gasteiger partial charge >= 0.3 is 29.6 Å². The van der Waals surface area contributed by atoms with Crippen molar-refractivity contribution in [1.29, 1.82) is 0 Å². The van der Waals surface area contributed by atoms with Crippen molar-refractivity contribution in [2.24, 2.45) is 0 Å². The molecular formula is C9H13NaO3S. The Morgan fingerprint density at radius 2 is 1.86 bits per heavy atom. The van der Waals surface area contributed by atoms with Crippen LogP contribution >= 0.6 is 0 Å². The third-order valence-electron chi connectivity index (χ3n) is 1.47. The minimum atomic E-state index is -3.52. The van der Waals surface area contributed by atoms with Gasteiger partial charge in [-0.1, -0.05) is 25.1 Å². The van der Waals surface area contributed by atoms with E-state index >= 15 is 0 Å². The molecule has 0 radical (unpaired) electrons. The molecule has 1 rings (SSSR count). The van der Waals surface area contributed by atoms with E-state index in [1.807, 2.05) is 6.92 Å². The van der Waals surface area contributed by atoms with Crippen LogP contribution in [0, 0.1) is 0 Å². The largest absolute Gasteiger partial charge is 1.00 e. The summed E-state index contributed by atoms with van der Waals surface area (Å²) in [6.45, 7) is 2.09. The number of rotatable bonds is 4. The molecule has 0 aromatic heterocycles. The maximum atomic E-state index is 11.4. The second kappa shape index (κ2) is 6.58. The van der Waals surface area contributed by atoms with Crippen molar-refractivity contribution >= 4 is 10.1 Å². The summed E-state index contributed by atoms with van der Waals surface area (Å²) in [5, 5.41) is 0. The van der Waals surface area contributed by atoms with Crippen LogP contribution in [0.4, 0.5) is 0 Å². The average molecular weight is 224 g/mol.